The van der Waals surface area contributed by atoms with Crippen LogP contribution in [0.4, 0.5) is 5.69 Å². The molecule has 1 atom stereocenters. The summed E-state index contributed by atoms with van der Waals surface area (Å²) in [6.45, 7) is 1.81. The maximum Gasteiger partial charge on any atom is 0.310 e. The Kier molecular flexibility index (Phi) is 7.04. The van der Waals surface area contributed by atoms with Gasteiger partial charge in [0.15, 0.2) is 0 Å². The van der Waals surface area contributed by atoms with Gasteiger partial charge in [-0.05, 0) is 35.2 Å². The zero-order valence-electron chi connectivity index (χ0n) is 16.1. The van der Waals surface area contributed by atoms with Crippen molar-refractivity contribution in [1.82, 2.24) is 0 Å². The number of benzene rings is 3. The first kappa shape index (κ1) is 20.6. The topological polar surface area (TPSA) is 55.4 Å². The lowest BCUT2D eigenvalue weighted by Gasteiger charge is -2.14. The Bertz CT molecular complexity index is 972. The lowest BCUT2D eigenvalue weighted by atomic mass is 10.0. The highest BCUT2D eigenvalue weighted by Crippen LogP contribution is 2.27. The second-order valence-electron chi connectivity index (χ2n) is 6.67. The van der Waals surface area contributed by atoms with Gasteiger partial charge < -0.3 is 10.1 Å². The molecule has 29 heavy (non-hydrogen) atoms. The Labute approximate surface area is 175 Å². The number of ether oxygens (including phenoxy) is 1. The summed E-state index contributed by atoms with van der Waals surface area (Å²) in [5, 5.41) is 2.13. The molecule has 3 aromatic rings. The zero-order chi connectivity index (χ0) is 20.6. The van der Waals surface area contributed by atoms with E-state index in [-0.39, 0.29) is 24.9 Å². The molecule has 1 N–H and O–H groups in total. The van der Waals surface area contributed by atoms with Gasteiger partial charge in [-0.2, -0.15) is 0 Å². The number of hydrogen-bond acceptors (Lipinski definition) is 3. The van der Waals surface area contributed by atoms with E-state index in [1.165, 1.54) is 0 Å². The fourth-order valence-corrected chi connectivity index (χ4v) is 2.89. The molecule has 5 heteroatoms. The molecule has 0 heterocycles. The molecule has 0 spiro atoms. The van der Waals surface area contributed by atoms with Crippen molar-refractivity contribution >= 4 is 29.2 Å². The van der Waals surface area contributed by atoms with E-state index in [0.29, 0.717) is 11.3 Å². The van der Waals surface area contributed by atoms with Crippen LogP contribution in [-0.2, 0) is 27.4 Å². The van der Waals surface area contributed by atoms with Crippen LogP contribution in [-0.4, -0.2) is 17.3 Å². The Morgan fingerprint density at radius 3 is 2.24 bits per heavy atom. The van der Waals surface area contributed by atoms with E-state index in [2.05, 4.69) is 5.32 Å². The van der Waals surface area contributed by atoms with Gasteiger partial charge in [0, 0.05) is 5.69 Å². The van der Waals surface area contributed by atoms with Gasteiger partial charge in [0.25, 0.3) is 0 Å². The molecular formula is C24H22ClNO3. The molecule has 0 saturated heterocycles. The maximum atomic E-state index is 12.4. The van der Waals surface area contributed by atoms with Gasteiger partial charge in [-0.15, -0.1) is 11.6 Å². The van der Waals surface area contributed by atoms with Gasteiger partial charge in [0.05, 0.1) is 6.42 Å². The fraction of sp³-hybridized carbons (Fsp3) is 0.167. The molecular weight excluding hydrogens is 386 g/mol. The summed E-state index contributed by atoms with van der Waals surface area (Å²) in [7, 11) is 0. The maximum absolute atomic E-state index is 12.4. The smallest absolute Gasteiger partial charge is 0.310 e. The highest BCUT2D eigenvalue weighted by Gasteiger charge is 2.15. The van der Waals surface area contributed by atoms with Crippen molar-refractivity contribution in [2.45, 2.75) is 25.3 Å². The van der Waals surface area contributed by atoms with Crippen LogP contribution in [0.2, 0.25) is 0 Å². The number of esters is 1. The van der Waals surface area contributed by atoms with Gasteiger partial charge in [-0.25, -0.2) is 0 Å². The monoisotopic (exact) mass is 407 g/mol. The van der Waals surface area contributed by atoms with E-state index in [1.807, 2.05) is 78.9 Å². The molecule has 0 bridgehead atoms. The minimum atomic E-state index is -0.687. The first-order valence-electron chi connectivity index (χ1n) is 9.36. The third kappa shape index (κ3) is 5.93. The number of anilines is 1. The third-order valence-corrected chi connectivity index (χ3v) is 4.61. The Balaban J connectivity index is 1.78. The third-order valence-electron chi connectivity index (χ3n) is 4.41. The minimum absolute atomic E-state index is 0.0498. The molecule has 1 amide bonds. The molecule has 0 aliphatic carbocycles. The van der Waals surface area contributed by atoms with Crippen LogP contribution in [0.1, 0.15) is 18.1 Å². The highest BCUT2D eigenvalue weighted by atomic mass is 35.5. The molecule has 3 aromatic carbocycles. The van der Waals surface area contributed by atoms with Crippen LogP contribution in [0.25, 0.3) is 11.1 Å². The second-order valence-corrected chi connectivity index (χ2v) is 7.32. The molecule has 1 unspecified atom stereocenters. The number of carbonyl (C=O) groups excluding carboxylic acids is 2. The van der Waals surface area contributed by atoms with Crippen molar-refractivity contribution in [3.8, 4) is 11.1 Å². The Hall–Kier alpha value is -3.11. The van der Waals surface area contributed by atoms with E-state index < -0.39 is 5.38 Å². The number of alkyl halides is 1. The summed E-state index contributed by atoms with van der Waals surface area (Å²) in [6.07, 6.45) is 0.0498. The summed E-state index contributed by atoms with van der Waals surface area (Å²) < 4.78 is 5.38. The van der Waals surface area contributed by atoms with Gasteiger partial charge in [-0.1, -0.05) is 72.8 Å². The largest absolute Gasteiger partial charge is 0.461 e. The molecule has 0 saturated carbocycles. The van der Waals surface area contributed by atoms with Crippen LogP contribution in [0.3, 0.4) is 0 Å². The summed E-state index contributed by atoms with van der Waals surface area (Å²) in [5.74, 6) is -0.688. The van der Waals surface area contributed by atoms with E-state index in [1.54, 1.807) is 6.92 Å². The van der Waals surface area contributed by atoms with Crippen LogP contribution < -0.4 is 5.32 Å². The number of nitrogens with one attached hydrogen (secondary N) is 1. The van der Waals surface area contributed by atoms with Crippen molar-refractivity contribution in [2.24, 2.45) is 0 Å². The first-order valence-corrected chi connectivity index (χ1v) is 9.79. The van der Waals surface area contributed by atoms with Crippen molar-refractivity contribution < 1.29 is 14.3 Å². The van der Waals surface area contributed by atoms with Gasteiger partial charge in [0.2, 0.25) is 5.91 Å². The summed E-state index contributed by atoms with van der Waals surface area (Å²) in [5.41, 5.74) is 4.10. The van der Waals surface area contributed by atoms with Crippen LogP contribution in [0.5, 0.6) is 0 Å². The normalized spacial score (nSPS) is 11.5. The highest BCUT2D eigenvalue weighted by molar-refractivity contribution is 6.32. The van der Waals surface area contributed by atoms with Gasteiger partial charge in [0.1, 0.15) is 12.0 Å². The van der Waals surface area contributed by atoms with E-state index in [9.17, 15) is 9.59 Å². The van der Waals surface area contributed by atoms with Crippen molar-refractivity contribution in [2.75, 3.05) is 5.32 Å². The average Bonchev–Trinajstić information content (AvgIpc) is 2.74. The summed E-state index contributed by atoms with van der Waals surface area (Å²) in [4.78, 5) is 24.5. The Morgan fingerprint density at radius 2 is 1.59 bits per heavy atom. The minimum Gasteiger partial charge on any atom is -0.461 e. The molecule has 0 fully saturated rings. The lowest BCUT2D eigenvalue weighted by molar-refractivity contribution is -0.144. The molecule has 0 radical (unpaired) electrons. The van der Waals surface area contributed by atoms with Crippen molar-refractivity contribution in [3.05, 3.63) is 90.0 Å². The number of hydrogen-bond donors (Lipinski definition) is 1. The molecule has 148 valence electrons. The predicted molar refractivity (Wildman–Crippen MR) is 116 cm³/mol. The Morgan fingerprint density at radius 1 is 0.931 bits per heavy atom. The van der Waals surface area contributed by atoms with E-state index in [0.717, 1.165) is 16.7 Å². The van der Waals surface area contributed by atoms with Crippen LogP contribution in [0, 0.1) is 0 Å². The number of halogens is 1. The average molecular weight is 408 g/mol. The van der Waals surface area contributed by atoms with Crippen LogP contribution in [0.15, 0.2) is 78.9 Å². The summed E-state index contributed by atoms with van der Waals surface area (Å²) >= 11 is 5.91. The van der Waals surface area contributed by atoms with E-state index >= 15 is 0 Å². The standard InChI is InChI=1S/C24H22ClNO3/c1-17(25)24(28)26-22-14-20(19-10-6-3-7-11-19)12-13-21(22)15-23(27)29-16-18-8-4-2-5-9-18/h2-14,17H,15-16H2,1H3,(H,26,28). The quantitative estimate of drug-likeness (QED) is 0.432. The molecule has 0 aliphatic rings. The molecule has 3 rings (SSSR count). The van der Waals surface area contributed by atoms with Gasteiger partial charge >= 0.3 is 5.97 Å². The SMILES string of the molecule is CC(Cl)C(=O)Nc1cc(-c2ccccc2)ccc1CC(=O)OCc1ccccc1. The zero-order valence-corrected chi connectivity index (χ0v) is 16.9. The fourth-order valence-electron chi connectivity index (χ4n) is 2.83. The van der Waals surface area contributed by atoms with Crippen molar-refractivity contribution in [1.29, 1.82) is 0 Å². The molecule has 0 aromatic heterocycles. The molecule has 4 nitrogen and oxygen atoms in total. The lowest BCUT2D eigenvalue weighted by Crippen LogP contribution is -2.21. The first-order chi connectivity index (χ1) is 14.0. The van der Waals surface area contributed by atoms with Gasteiger partial charge in [-0.3, -0.25) is 9.59 Å². The van der Waals surface area contributed by atoms with Crippen molar-refractivity contribution in [3.63, 3.8) is 0 Å². The second kappa shape index (κ2) is 9.89. The number of carbonyl (C=O) groups is 2. The summed E-state index contributed by atoms with van der Waals surface area (Å²) in [6, 6.07) is 24.9. The van der Waals surface area contributed by atoms with E-state index in [4.69, 9.17) is 16.3 Å². The number of amides is 1. The van der Waals surface area contributed by atoms with Crippen LogP contribution >= 0.6 is 11.6 Å². The molecule has 0 aliphatic heterocycles. The number of rotatable bonds is 7. The predicted octanol–water partition coefficient (Wildman–Crippen LogP) is 5.21.